The quantitative estimate of drug-likeness (QED) is 0.635. The van der Waals surface area contributed by atoms with Gasteiger partial charge in [-0.1, -0.05) is 46.3 Å². The maximum absolute atomic E-state index is 13.1. The number of aromatic nitrogens is 2. The molecule has 0 aliphatic carbocycles. The average molecular weight is 424 g/mol. The minimum Gasteiger partial charge on any atom is -0.321 e. The highest BCUT2D eigenvalue weighted by molar-refractivity contribution is 9.10. The fourth-order valence-electron chi connectivity index (χ4n) is 2.53. The number of carbonyl (C=O) groups is 1. The van der Waals surface area contributed by atoms with Gasteiger partial charge in [-0.05, 0) is 23.8 Å². The molecule has 0 spiro atoms. The van der Waals surface area contributed by atoms with Gasteiger partial charge in [0.2, 0.25) is 0 Å². The molecule has 26 heavy (non-hydrogen) atoms. The molecule has 0 aliphatic heterocycles. The Kier molecular flexibility index (Phi) is 4.86. The van der Waals surface area contributed by atoms with Gasteiger partial charge in [-0.3, -0.25) is 9.48 Å². The van der Waals surface area contributed by atoms with Crippen LogP contribution in [0.5, 0.6) is 0 Å². The fourth-order valence-corrected chi connectivity index (χ4v) is 2.79. The van der Waals surface area contributed by atoms with E-state index in [1.165, 1.54) is 7.05 Å². The van der Waals surface area contributed by atoms with Crippen LogP contribution in [0.25, 0.3) is 11.1 Å². The van der Waals surface area contributed by atoms with E-state index < -0.39 is 23.3 Å². The Morgan fingerprint density at radius 3 is 2.42 bits per heavy atom. The third-order valence-electron chi connectivity index (χ3n) is 3.67. The number of carbonyl (C=O) groups excluding carboxylic acids is 1. The van der Waals surface area contributed by atoms with E-state index in [-0.39, 0.29) is 0 Å². The van der Waals surface area contributed by atoms with Crippen LogP contribution in [0, 0.1) is 0 Å². The van der Waals surface area contributed by atoms with Gasteiger partial charge in [0, 0.05) is 29.0 Å². The summed E-state index contributed by atoms with van der Waals surface area (Å²) in [6.45, 7) is 0. The molecule has 2 aromatic carbocycles. The lowest BCUT2D eigenvalue weighted by atomic mass is 10.0. The lowest BCUT2D eigenvalue weighted by molar-refractivity contribution is -0.141. The zero-order valence-electron chi connectivity index (χ0n) is 13.5. The van der Waals surface area contributed by atoms with Crippen molar-refractivity contribution in [3.63, 3.8) is 0 Å². The summed E-state index contributed by atoms with van der Waals surface area (Å²) in [5, 5.41) is 5.92. The molecule has 4 nitrogen and oxygen atoms in total. The number of hydrogen-bond donors (Lipinski definition) is 1. The highest BCUT2D eigenvalue weighted by Gasteiger charge is 2.39. The highest BCUT2D eigenvalue weighted by Crippen LogP contribution is 2.32. The standard InChI is InChI=1S/C18H13BrF3N3O/c1-25-10-14(16(24-25)18(20,21)22)17(26)23-15-5-3-2-4-13(15)11-6-8-12(19)9-7-11/h2-10H,1H3,(H,23,26). The number of benzene rings is 2. The monoisotopic (exact) mass is 423 g/mol. The first-order chi connectivity index (χ1) is 12.3. The Labute approximate surface area is 155 Å². The van der Waals surface area contributed by atoms with E-state index in [1.54, 1.807) is 24.3 Å². The molecule has 0 fully saturated rings. The van der Waals surface area contributed by atoms with Gasteiger partial charge in [-0.15, -0.1) is 0 Å². The van der Waals surface area contributed by atoms with Crippen LogP contribution in [0.15, 0.2) is 59.2 Å². The van der Waals surface area contributed by atoms with Gasteiger partial charge >= 0.3 is 6.18 Å². The van der Waals surface area contributed by atoms with E-state index in [0.717, 1.165) is 20.9 Å². The molecule has 0 saturated heterocycles. The molecule has 1 aromatic heterocycles. The van der Waals surface area contributed by atoms with E-state index in [2.05, 4.69) is 26.3 Å². The molecule has 8 heteroatoms. The summed E-state index contributed by atoms with van der Waals surface area (Å²) >= 11 is 3.35. The number of nitrogens with zero attached hydrogens (tertiary/aromatic N) is 2. The Morgan fingerprint density at radius 2 is 1.77 bits per heavy atom. The van der Waals surface area contributed by atoms with Crippen molar-refractivity contribution in [2.45, 2.75) is 6.18 Å². The fraction of sp³-hybridized carbons (Fsp3) is 0.111. The van der Waals surface area contributed by atoms with Crippen LogP contribution in [0.2, 0.25) is 0 Å². The molecule has 1 N–H and O–H groups in total. The van der Waals surface area contributed by atoms with Crippen molar-refractivity contribution in [3.8, 4) is 11.1 Å². The van der Waals surface area contributed by atoms with Crippen LogP contribution in [-0.2, 0) is 13.2 Å². The number of para-hydroxylation sites is 1. The smallest absolute Gasteiger partial charge is 0.321 e. The molecular weight excluding hydrogens is 411 g/mol. The average Bonchev–Trinajstić information content (AvgIpc) is 2.99. The second-order valence-electron chi connectivity index (χ2n) is 5.57. The second kappa shape index (κ2) is 6.95. The maximum atomic E-state index is 13.1. The third kappa shape index (κ3) is 3.80. The Hall–Kier alpha value is -2.61. The first-order valence-electron chi connectivity index (χ1n) is 7.53. The van der Waals surface area contributed by atoms with Gasteiger partial charge in [-0.2, -0.15) is 18.3 Å². The van der Waals surface area contributed by atoms with Crippen molar-refractivity contribution in [3.05, 3.63) is 70.5 Å². The Bertz CT molecular complexity index is 949. The van der Waals surface area contributed by atoms with E-state index in [0.29, 0.717) is 11.3 Å². The third-order valence-corrected chi connectivity index (χ3v) is 4.20. The summed E-state index contributed by atoms with van der Waals surface area (Å²) in [7, 11) is 1.34. The minimum atomic E-state index is -4.71. The zero-order chi connectivity index (χ0) is 18.9. The van der Waals surface area contributed by atoms with Crippen molar-refractivity contribution in [2.75, 3.05) is 5.32 Å². The van der Waals surface area contributed by atoms with Crippen LogP contribution in [-0.4, -0.2) is 15.7 Å². The van der Waals surface area contributed by atoms with E-state index in [1.807, 2.05) is 24.3 Å². The van der Waals surface area contributed by atoms with Crippen LogP contribution in [0.4, 0.5) is 18.9 Å². The van der Waals surface area contributed by atoms with Gasteiger partial charge < -0.3 is 5.32 Å². The molecule has 0 aliphatic rings. The largest absolute Gasteiger partial charge is 0.435 e. The van der Waals surface area contributed by atoms with E-state index in [4.69, 9.17) is 0 Å². The summed E-state index contributed by atoms with van der Waals surface area (Å²) in [6.07, 6.45) is -3.65. The van der Waals surface area contributed by atoms with Crippen LogP contribution in [0.3, 0.4) is 0 Å². The summed E-state index contributed by atoms with van der Waals surface area (Å²) in [4.78, 5) is 12.5. The van der Waals surface area contributed by atoms with Crippen molar-refractivity contribution >= 4 is 27.5 Å². The van der Waals surface area contributed by atoms with E-state index >= 15 is 0 Å². The number of aryl methyl sites for hydroxylation is 1. The van der Waals surface area contributed by atoms with Crippen molar-refractivity contribution in [1.82, 2.24) is 9.78 Å². The molecule has 1 heterocycles. The topological polar surface area (TPSA) is 46.9 Å². The predicted octanol–water partition coefficient (Wildman–Crippen LogP) is 5.12. The number of anilines is 1. The summed E-state index contributed by atoms with van der Waals surface area (Å²) < 4.78 is 41.1. The van der Waals surface area contributed by atoms with Gasteiger partial charge in [0.15, 0.2) is 5.69 Å². The number of amides is 1. The molecule has 0 saturated carbocycles. The number of hydrogen-bond acceptors (Lipinski definition) is 2. The minimum absolute atomic E-state index is 0.414. The van der Waals surface area contributed by atoms with Crippen LogP contribution in [0.1, 0.15) is 16.1 Å². The Balaban J connectivity index is 1.96. The van der Waals surface area contributed by atoms with E-state index in [9.17, 15) is 18.0 Å². The summed E-state index contributed by atoms with van der Waals surface area (Å²) in [6, 6.07) is 14.3. The first-order valence-corrected chi connectivity index (χ1v) is 8.32. The van der Waals surface area contributed by atoms with Gasteiger partial charge in [0.1, 0.15) is 0 Å². The molecule has 0 radical (unpaired) electrons. The summed E-state index contributed by atoms with van der Waals surface area (Å²) in [5.74, 6) is -0.866. The molecular formula is C18H13BrF3N3O. The van der Waals surface area contributed by atoms with Gasteiger partial charge in [-0.25, -0.2) is 0 Å². The molecule has 0 atom stereocenters. The summed E-state index contributed by atoms with van der Waals surface area (Å²) in [5.41, 5.74) is 0.207. The maximum Gasteiger partial charge on any atom is 0.435 e. The zero-order valence-corrected chi connectivity index (χ0v) is 15.1. The van der Waals surface area contributed by atoms with Gasteiger partial charge in [0.05, 0.1) is 5.56 Å². The van der Waals surface area contributed by atoms with Gasteiger partial charge in [0.25, 0.3) is 5.91 Å². The number of alkyl halides is 3. The number of nitrogens with one attached hydrogen (secondary N) is 1. The lowest BCUT2D eigenvalue weighted by Gasteiger charge is -2.12. The second-order valence-corrected chi connectivity index (χ2v) is 6.49. The molecule has 3 aromatic rings. The normalized spacial score (nSPS) is 11.4. The number of rotatable bonds is 3. The van der Waals surface area contributed by atoms with Crippen molar-refractivity contribution < 1.29 is 18.0 Å². The Morgan fingerprint density at radius 1 is 1.12 bits per heavy atom. The molecule has 1 amide bonds. The SMILES string of the molecule is Cn1cc(C(=O)Nc2ccccc2-c2ccc(Br)cc2)c(C(F)(F)F)n1. The number of halogens is 4. The lowest BCUT2D eigenvalue weighted by Crippen LogP contribution is -2.18. The van der Waals surface area contributed by atoms with Crippen molar-refractivity contribution in [1.29, 1.82) is 0 Å². The van der Waals surface area contributed by atoms with Crippen molar-refractivity contribution in [2.24, 2.45) is 7.05 Å². The van der Waals surface area contributed by atoms with Crippen LogP contribution < -0.4 is 5.32 Å². The molecule has 3 rings (SSSR count). The molecule has 134 valence electrons. The van der Waals surface area contributed by atoms with Crippen LogP contribution >= 0.6 is 15.9 Å². The highest BCUT2D eigenvalue weighted by atomic mass is 79.9. The first kappa shape index (κ1) is 18.2. The predicted molar refractivity (Wildman–Crippen MR) is 95.7 cm³/mol. The molecule has 0 unspecified atom stereocenters. The molecule has 0 bridgehead atoms.